The van der Waals surface area contributed by atoms with Crippen LogP contribution < -0.4 is 0 Å². The topological polar surface area (TPSA) is 38.8 Å². The molecule has 0 unspecified atom stereocenters. The second-order valence-electron chi connectivity index (χ2n) is 5.51. The Bertz CT molecular complexity index is 307. The van der Waals surface area contributed by atoms with E-state index < -0.39 is 8.32 Å². The number of nitrogens with zero attached hydrogens (tertiary/aromatic N) is 1. The van der Waals surface area contributed by atoms with E-state index in [1.54, 1.807) is 4.90 Å². The van der Waals surface area contributed by atoms with Crippen molar-refractivity contribution in [2.45, 2.75) is 46.0 Å². The number of hydrogen-bond acceptors (Lipinski definition) is 3. The third kappa shape index (κ3) is 5.26. The number of amides is 1. The molecule has 0 aromatic carbocycles. The Balaban J connectivity index is 2.46. The molecule has 0 fully saturated rings. The molecule has 0 N–H and O–H groups in total. The fourth-order valence-corrected chi connectivity index (χ4v) is 2.55. The van der Waals surface area contributed by atoms with E-state index in [-0.39, 0.29) is 12.2 Å². The van der Waals surface area contributed by atoms with Crippen LogP contribution in [0.15, 0.2) is 11.8 Å². The summed E-state index contributed by atoms with van der Waals surface area (Å²) in [6.45, 7) is 11.5. The number of hydrogen-bond donors (Lipinski definition) is 0. The molecule has 0 aromatic rings. The largest absolute Gasteiger partial charge is 0.547 e. The van der Waals surface area contributed by atoms with Gasteiger partial charge in [-0.25, -0.2) is 4.79 Å². The van der Waals surface area contributed by atoms with Crippen molar-refractivity contribution in [2.24, 2.45) is 0 Å². The van der Waals surface area contributed by atoms with Gasteiger partial charge in [0.25, 0.3) is 0 Å². The molecule has 5 heteroatoms. The summed E-state index contributed by atoms with van der Waals surface area (Å²) in [5.41, 5.74) is 0. The fourth-order valence-electron chi connectivity index (χ4n) is 1.58. The average molecular weight is 257 g/mol. The first-order chi connectivity index (χ1) is 7.78. The molecule has 0 saturated heterocycles. The van der Waals surface area contributed by atoms with Crippen LogP contribution >= 0.6 is 0 Å². The molecule has 98 valence electrons. The van der Waals surface area contributed by atoms with Crippen LogP contribution in [0.5, 0.6) is 0 Å². The highest BCUT2D eigenvalue weighted by Crippen LogP contribution is 2.18. The predicted molar refractivity (Wildman–Crippen MR) is 70.3 cm³/mol. The van der Waals surface area contributed by atoms with E-state index in [9.17, 15) is 4.79 Å². The Labute approximate surface area is 105 Å². The second-order valence-corrected chi connectivity index (χ2v) is 9.94. The SMILES string of the molecule is CC(C)OC(=O)N1CC=C(O[Si](C)(C)C)CC1. The van der Waals surface area contributed by atoms with Gasteiger partial charge in [-0.05, 0) is 39.6 Å². The zero-order chi connectivity index (χ0) is 13.1. The summed E-state index contributed by atoms with van der Waals surface area (Å²) in [5.74, 6) is 1.03. The van der Waals surface area contributed by atoms with Crippen LogP contribution in [-0.2, 0) is 9.16 Å². The van der Waals surface area contributed by atoms with Gasteiger partial charge in [-0.15, -0.1) is 0 Å². The maximum Gasteiger partial charge on any atom is 0.410 e. The number of ether oxygens (including phenoxy) is 1. The highest BCUT2D eigenvalue weighted by molar-refractivity contribution is 6.70. The summed E-state index contributed by atoms with van der Waals surface area (Å²) >= 11 is 0. The van der Waals surface area contributed by atoms with Crippen molar-refractivity contribution in [1.82, 2.24) is 4.90 Å². The first kappa shape index (κ1) is 14.1. The van der Waals surface area contributed by atoms with E-state index in [1.165, 1.54) is 0 Å². The lowest BCUT2D eigenvalue weighted by Crippen LogP contribution is -2.38. The van der Waals surface area contributed by atoms with Crippen molar-refractivity contribution in [3.8, 4) is 0 Å². The van der Waals surface area contributed by atoms with Crippen LogP contribution in [-0.4, -0.2) is 38.5 Å². The van der Waals surface area contributed by atoms with Crippen molar-refractivity contribution in [3.63, 3.8) is 0 Å². The minimum atomic E-state index is -1.52. The molecule has 0 atom stereocenters. The maximum absolute atomic E-state index is 11.6. The zero-order valence-electron chi connectivity index (χ0n) is 11.4. The smallest absolute Gasteiger partial charge is 0.410 e. The van der Waals surface area contributed by atoms with E-state index in [2.05, 4.69) is 19.6 Å². The summed E-state index contributed by atoms with van der Waals surface area (Å²) in [6, 6.07) is 0. The van der Waals surface area contributed by atoms with Crippen LogP contribution in [0.4, 0.5) is 4.79 Å². The van der Waals surface area contributed by atoms with Crippen molar-refractivity contribution in [1.29, 1.82) is 0 Å². The van der Waals surface area contributed by atoms with E-state index in [4.69, 9.17) is 9.16 Å². The van der Waals surface area contributed by atoms with Crippen LogP contribution in [0.3, 0.4) is 0 Å². The third-order valence-corrected chi connectivity index (χ3v) is 3.07. The Kier molecular flexibility index (Phi) is 4.62. The summed E-state index contributed by atoms with van der Waals surface area (Å²) in [4.78, 5) is 13.3. The lowest BCUT2D eigenvalue weighted by molar-refractivity contribution is 0.0777. The molecule has 0 spiro atoms. The summed E-state index contributed by atoms with van der Waals surface area (Å²) in [5, 5.41) is 0. The zero-order valence-corrected chi connectivity index (χ0v) is 12.4. The van der Waals surface area contributed by atoms with Crippen LogP contribution in [0, 0.1) is 0 Å². The number of carbonyl (C=O) groups is 1. The van der Waals surface area contributed by atoms with Crippen molar-refractivity contribution in [2.75, 3.05) is 13.1 Å². The van der Waals surface area contributed by atoms with E-state index in [0.29, 0.717) is 13.1 Å². The molecule has 0 saturated carbocycles. The second kappa shape index (κ2) is 5.58. The third-order valence-electron chi connectivity index (χ3n) is 2.20. The summed E-state index contributed by atoms with van der Waals surface area (Å²) < 4.78 is 11.1. The molecule has 1 heterocycles. The van der Waals surface area contributed by atoms with Crippen molar-refractivity contribution < 1.29 is 14.0 Å². The first-order valence-corrected chi connectivity index (χ1v) is 9.52. The van der Waals surface area contributed by atoms with Gasteiger partial charge < -0.3 is 14.1 Å². The molecular weight excluding hydrogens is 234 g/mol. The molecule has 0 bridgehead atoms. The molecule has 4 nitrogen and oxygen atoms in total. The lowest BCUT2D eigenvalue weighted by atomic mass is 10.2. The van der Waals surface area contributed by atoms with Crippen LogP contribution in [0.2, 0.25) is 19.6 Å². The quantitative estimate of drug-likeness (QED) is 0.730. The van der Waals surface area contributed by atoms with Gasteiger partial charge in [-0.2, -0.15) is 0 Å². The first-order valence-electron chi connectivity index (χ1n) is 6.11. The maximum atomic E-state index is 11.6. The van der Waals surface area contributed by atoms with Crippen molar-refractivity contribution >= 4 is 14.4 Å². The van der Waals surface area contributed by atoms with Crippen LogP contribution in [0.1, 0.15) is 20.3 Å². The fraction of sp³-hybridized carbons (Fsp3) is 0.750. The van der Waals surface area contributed by atoms with E-state index >= 15 is 0 Å². The molecule has 17 heavy (non-hydrogen) atoms. The molecule has 0 aromatic heterocycles. The Morgan fingerprint density at radius 3 is 2.47 bits per heavy atom. The molecular formula is C12H23NO3Si. The summed E-state index contributed by atoms with van der Waals surface area (Å²) in [7, 11) is -1.52. The molecule has 1 aliphatic heterocycles. The van der Waals surface area contributed by atoms with E-state index in [0.717, 1.165) is 12.2 Å². The minimum Gasteiger partial charge on any atom is -0.547 e. The summed E-state index contributed by atoms with van der Waals surface area (Å²) in [6.07, 6.45) is 2.48. The molecule has 1 rings (SSSR count). The highest BCUT2D eigenvalue weighted by atomic mass is 28.4. The van der Waals surface area contributed by atoms with Gasteiger partial charge in [0.1, 0.15) is 0 Å². The number of rotatable bonds is 3. The van der Waals surface area contributed by atoms with Gasteiger partial charge in [0.15, 0.2) is 0 Å². The molecule has 0 aliphatic carbocycles. The van der Waals surface area contributed by atoms with Crippen LogP contribution in [0.25, 0.3) is 0 Å². The van der Waals surface area contributed by atoms with E-state index in [1.807, 2.05) is 19.9 Å². The standard InChI is InChI=1S/C12H23NO3Si/c1-10(2)15-12(14)13-8-6-11(7-9-13)16-17(3,4)5/h6,10H,7-9H2,1-5H3. The van der Waals surface area contributed by atoms with Gasteiger partial charge in [0.2, 0.25) is 8.32 Å². The molecule has 0 radical (unpaired) electrons. The van der Waals surface area contributed by atoms with Gasteiger partial charge in [-0.1, -0.05) is 0 Å². The Morgan fingerprint density at radius 2 is 2.06 bits per heavy atom. The highest BCUT2D eigenvalue weighted by Gasteiger charge is 2.23. The molecule has 1 amide bonds. The van der Waals surface area contributed by atoms with Gasteiger partial charge >= 0.3 is 6.09 Å². The predicted octanol–water partition coefficient (Wildman–Crippen LogP) is 2.97. The normalized spacial score (nSPS) is 16.8. The van der Waals surface area contributed by atoms with Gasteiger partial charge in [-0.3, -0.25) is 0 Å². The van der Waals surface area contributed by atoms with Crippen molar-refractivity contribution in [3.05, 3.63) is 11.8 Å². The Hall–Kier alpha value is -0.973. The molecule has 1 aliphatic rings. The van der Waals surface area contributed by atoms with Gasteiger partial charge in [0.05, 0.1) is 11.9 Å². The average Bonchev–Trinajstić information content (AvgIpc) is 2.15. The monoisotopic (exact) mass is 257 g/mol. The number of carbonyl (C=O) groups excluding carboxylic acids is 1. The lowest BCUT2D eigenvalue weighted by Gasteiger charge is -2.29. The Morgan fingerprint density at radius 1 is 1.41 bits per heavy atom. The minimum absolute atomic E-state index is 0.0638. The van der Waals surface area contributed by atoms with Gasteiger partial charge in [0, 0.05) is 19.5 Å².